The minimum Gasteiger partial charge on any atom is -0.327 e. The van der Waals surface area contributed by atoms with E-state index in [1.54, 1.807) is 0 Å². The summed E-state index contributed by atoms with van der Waals surface area (Å²) < 4.78 is 0. The molecule has 1 aliphatic carbocycles. The molecule has 21 heavy (non-hydrogen) atoms. The van der Waals surface area contributed by atoms with Crippen molar-refractivity contribution in [3.63, 3.8) is 0 Å². The zero-order valence-corrected chi connectivity index (χ0v) is 14.1. The first-order valence-corrected chi connectivity index (χ1v) is 8.33. The minimum atomic E-state index is 0.282. The molecule has 1 saturated carbocycles. The van der Waals surface area contributed by atoms with Gasteiger partial charge in [0.2, 0.25) is 0 Å². The van der Waals surface area contributed by atoms with Gasteiger partial charge in [-0.15, -0.1) is 0 Å². The molecule has 2 atom stereocenters. The number of hydrogen-bond donors (Lipinski definition) is 1. The van der Waals surface area contributed by atoms with Gasteiger partial charge in [0.15, 0.2) is 0 Å². The highest BCUT2D eigenvalue weighted by Crippen LogP contribution is 2.38. The summed E-state index contributed by atoms with van der Waals surface area (Å²) in [4.78, 5) is 7.12. The van der Waals surface area contributed by atoms with Crippen LogP contribution in [0.2, 0.25) is 0 Å². The SMILES string of the molecule is CCN(Cc1cccc(C)n1)CC1CCCC(C)(C)C1N. The molecule has 0 aromatic carbocycles. The van der Waals surface area contributed by atoms with Crippen LogP contribution in [0.5, 0.6) is 0 Å². The van der Waals surface area contributed by atoms with Crippen molar-refractivity contribution >= 4 is 0 Å². The zero-order valence-electron chi connectivity index (χ0n) is 14.1. The molecule has 1 aromatic heterocycles. The minimum absolute atomic E-state index is 0.282. The Kier molecular flexibility index (Phi) is 5.39. The van der Waals surface area contributed by atoms with Crippen LogP contribution < -0.4 is 5.73 Å². The monoisotopic (exact) mass is 289 g/mol. The van der Waals surface area contributed by atoms with Crippen LogP contribution in [-0.2, 0) is 6.54 Å². The summed E-state index contributed by atoms with van der Waals surface area (Å²) in [7, 11) is 0. The fourth-order valence-electron chi connectivity index (χ4n) is 3.56. The highest BCUT2D eigenvalue weighted by Gasteiger charge is 2.36. The van der Waals surface area contributed by atoms with Crippen molar-refractivity contribution < 1.29 is 0 Å². The van der Waals surface area contributed by atoms with E-state index in [9.17, 15) is 0 Å². The Hall–Kier alpha value is -0.930. The molecule has 2 unspecified atom stereocenters. The van der Waals surface area contributed by atoms with Crippen LogP contribution in [0.15, 0.2) is 18.2 Å². The van der Waals surface area contributed by atoms with Crippen molar-refractivity contribution in [3.8, 4) is 0 Å². The van der Waals surface area contributed by atoms with Gasteiger partial charge in [-0.05, 0) is 49.8 Å². The van der Waals surface area contributed by atoms with Crippen LogP contribution in [-0.4, -0.2) is 29.0 Å². The maximum atomic E-state index is 6.53. The molecule has 1 aliphatic rings. The quantitative estimate of drug-likeness (QED) is 0.903. The molecule has 0 saturated heterocycles. The van der Waals surface area contributed by atoms with Crippen LogP contribution in [0.1, 0.15) is 51.4 Å². The van der Waals surface area contributed by atoms with Crippen LogP contribution in [0.3, 0.4) is 0 Å². The van der Waals surface area contributed by atoms with E-state index in [-0.39, 0.29) is 5.41 Å². The van der Waals surface area contributed by atoms with Gasteiger partial charge in [-0.1, -0.05) is 33.3 Å². The van der Waals surface area contributed by atoms with Gasteiger partial charge in [0.05, 0.1) is 5.69 Å². The average Bonchev–Trinajstić information content (AvgIpc) is 2.43. The first kappa shape index (κ1) is 16.4. The Labute approximate surface area is 129 Å². The molecule has 0 aliphatic heterocycles. The number of nitrogens with two attached hydrogens (primary N) is 1. The molecule has 3 nitrogen and oxygen atoms in total. The summed E-state index contributed by atoms with van der Waals surface area (Å²) in [6.07, 6.45) is 3.84. The Morgan fingerprint density at radius 2 is 2.14 bits per heavy atom. The van der Waals surface area contributed by atoms with Gasteiger partial charge in [0.1, 0.15) is 0 Å². The third-order valence-electron chi connectivity index (χ3n) is 5.08. The maximum Gasteiger partial charge on any atom is 0.0547 e. The summed E-state index contributed by atoms with van der Waals surface area (Å²) in [6, 6.07) is 6.59. The van der Waals surface area contributed by atoms with E-state index in [1.807, 2.05) is 0 Å². The Balaban J connectivity index is 1.99. The number of hydrogen-bond acceptors (Lipinski definition) is 3. The fraction of sp³-hybridized carbons (Fsp3) is 0.722. The number of rotatable bonds is 5. The van der Waals surface area contributed by atoms with E-state index in [2.05, 4.69) is 55.8 Å². The maximum absolute atomic E-state index is 6.53. The van der Waals surface area contributed by atoms with Crippen molar-refractivity contribution in [2.45, 2.75) is 59.5 Å². The van der Waals surface area contributed by atoms with Gasteiger partial charge < -0.3 is 5.73 Å². The van der Waals surface area contributed by atoms with Crippen LogP contribution in [0.25, 0.3) is 0 Å². The predicted molar refractivity (Wildman–Crippen MR) is 89.0 cm³/mol. The standard InChI is InChI=1S/C18H31N3/c1-5-21(13-16-10-6-8-14(2)20-16)12-15-9-7-11-18(3,4)17(15)19/h6,8,10,15,17H,5,7,9,11-13,19H2,1-4H3. The summed E-state index contributed by atoms with van der Waals surface area (Å²) in [5, 5.41) is 0. The van der Waals surface area contributed by atoms with Crippen molar-refractivity contribution in [2.24, 2.45) is 17.1 Å². The molecule has 1 heterocycles. The lowest BCUT2D eigenvalue weighted by Crippen LogP contribution is -2.50. The number of pyridine rings is 1. The van der Waals surface area contributed by atoms with Crippen molar-refractivity contribution in [3.05, 3.63) is 29.6 Å². The largest absolute Gasteiger partial charge is 0.327 e. The lowest BCUT2D eigenvalue weighted by molar-refractivity contribution is 0.101. The van der Waals surface area contributed by atoms with Crippen LogP contribution in [0.4, 0.5) is 0 Å². The van der Waals surface area contributed by atoms with E-state index in [4.69, 9.17) is 5.73 Å². The van der Waals surface area contributed by atoms with Gasteiger partial charge in [-0.25, -0.2) is 0 Å². The molecule has 2 rings (SSSR count). The number of aryl methyl sites for hydroxylation is 1. The average molecular weight is 289 g/mol. The van der Waals surface area contributed by atoms with Gasteiger partial charge in [-0.3, -0.25) is 9.88 Å². The van der Waals surface area contributed by atoms with E-state index in [1.165, 1.54) is 25.0 Å². The Morgan fingerprint density at radius 1 is 1.38 bits per heavy atom. The topological polar surface area (TPSA) is 42.2 Å². The Bertz CT molecular complexity index is 456. The predicted octanol–water partition coefficient (Wildman–Crippen LogP) is 3.37. The molecular formula is C18H31N3. The summed E-state index contributed by atoms with van der Waals surface area (Å²) >= 11 is 0. The van der Waals surface area contributed by atoms with Crippen molar-refractivity contribution in [2.75, 3.05) is 13.1 Å². The molecule has 1 fully saturated rings. The normalized spacial score (nSPS) is 25.2. The second kappa shape index (κ2) is 6.89. The van der Waals surface area contributed by atoms with Gasteiger partial charge >= 0.3 is 0 Å². The highest BCUT2D eigenvalue weighted by molar-refractivity contribution is 5.09. The van der Waals surface area contributed by atoms with Gasteiger partial charge in [0, 0.05) is 24.8 Å². The number of aromatic nitrogens is 1. The molecule has 3 heteroatoms. The highest BCUT2D eigenvalue weighted by atomic mass is 15.1. The second-order valence-electron chi connectivity index (χ2n) is 7.26. The summed E-state index contributed by atoms with van der Waals surface area (Å²) in [5.41, 5.74) is 9.08. The lowest BCUT2D eigenvalue weighted by atomic mass is 9.68. The smallest absolute Gasteiger partial charge is 0.0547 e. The Morgan fingerprint density at radius 3 is 2.81 bits per heavy atom. The molecular weight excluding hydrogens is 258 g/mol. The molecule has 0 spiro atoms. The van der Waals surface area contributed by atoms with E-state index < -0.39 is 0 Å². The molecule has 1 aromatic rings. The summed E-state index contributed by atoms with van der Waals surface area (Å²) in [5.74, 6) is 0.610. The first-order chi connectivity index (χ1) is 9.92. The molecule has 0 amide bonds. The van der Waals surface area contributed by atoms with E-state index in [0.717, 1.165) is 25.3 Å². The third kappa shape index (κ3) is 4.27. The number of nitrogens with zero attached hydrogens (tertiary/aromatic N) is 2. The third-order valence-corrected chi connectivity index (χ3v) is 5.08. The van der Waals surface area contributed by atoms with Crippen molar-refractivity contribution in [1.82, 2.24) is 9.88 Å². The summed E-state index contributed by atoms with van der Waals surface area (Å²) in [6.45, 7) is 12.0. The van der Waals surface area contributed by atoms with Crippen molar-refractivity contribution in [1.29, 1.82) is 0 Å². The van der Waals surface area contributed by atoms with E-state index in [0.29, 0.717) is 12.0 Å². The lowest BCUT2D eigenvalue weighted by Gasteiger charge is -2.43. The fourth-order valence-corrected chi connectivity index (χ4v) is 3.56. The zero-order chi connectivity index (χ0) is 15.5. The van der Waals surface area contributed by atoms with Crippen LogP contribution >= 0.6 is 0 Å². The molecule has 118 valence electrons. The van der Waals surface area contributed by atoms with Gasteiger partial charge in [0.25, 0.3) is 0 Å². The van der Waals surface area contributed by atoms with Crippen LogP contribution in [0, 0.1) is 18.3 Å². The molecule has 0 radical (unpaired) electrons. The van der Waals surface area contributed by atoms with Gasteiger partial charge in [-0.2, -0.15) is 0 Å². The van der Waals surface area contributed by atoms with E-state index >= 15 is 0 Å². The molecule has 2 N–H and O–H groups in total. The second-order valence-corrected chi connectivity index (χ2v) is 7.26. The first-order valence-electron chi connectivity index (χ1n) is 8.33. The molecule has 0 bridgehead atoms.